The van der Waals surface area contributed by atoms with Crippen LogP contribution in [0.2, 0.25) is 0 Å². The van der Waals surface area contributed by atoms with Crippen molar-refractivity contribution in [3.8, 4) is 5.75 Å². The number of anilines is 3. The highest BCUT2D eigenvalue weighted by molar-refractivity contribution is 7.89. The van der Waals surface area contributed by atoms with Gasteiger partial charge in [-0.3, -0.25) is 0 Å². The predicted molar refractivity (Wildman–Crippen MR) is 105 cm³/mol. The second-order valence-corrected chi connectivity index (χ2v) is 7.85. The van der Waals surface area contributed by atoms with Crippen LogP contribution in [0.1, 0.15) is 5.56 Å². The van der Waals surface area contributed by atoms with Gasteiger partial charge in [0.15, 0.2) is 0 Å². The summed E-state index contributed by atoms with van der Waals surface area (Å²) in [5.74, 6) is 0.547. The first-order chi connectivity index (χ1) is 12.8. The first-order valence-electron chi connectivity index (χ1n) is 8.36. The molecular weight excluding hydrogens is 370 g/mol. The highest BCUT2D eigenvalue weighted by Gasteiger charge is 2.23. The Labute approximate surface area is 159 Å². The number of aryl methyl sites for hydroxylation is 1. The fraction of sp³-hybridized carbons (Fsp3) is 0.333. The van der Waals surface area contributed by atoms with Crippen LogP contribution in [-0.2, 0) is 10.0 Å². The van der Waals surface area contributed by atoms with Gasteiger partial charge in [0.2, 0.25) is 10.0 Å². The van der Waals surface area contributed by atoms with Gasteiger partial charge < -0.3 is 26.0 Å². The molecule has 0 aliphatic heterocycles. The van der Waals surface area contributed by atoms with E-state index >= 15 is 0 Å². The maximum absolute atomic E-state index is 12.6. The number of nitrogens with one attached hydrogen (secondary N) is 1. The number of sulfonamides is 1. The van der Waals surface area contributed by atoms with Gasteiger partial charge in [0, 0.05) is 30.5 Å². The summed E-state index contributed by atoms with van der Waals surface area (Å²) in [4.78, 5) is 0.0848. The van der Waals surface area contributed by atoms with E-state index in [1.54, 1.807) is 24.3 Å². The highest BCUT2D eigenvalue weighted by atomic mass is 32.2. The van der Waals surface area contributed by atoms with Gasteiger partial charge >= 0.3 is 0 Å². The molecule has 0 aliphatic rings. The molecule has 0 radical (unpaired) electrons. The molecule has 0 aromatic heterocycles. The Morgan fingerprint density at radius 3 is 2.22 bits per heavy atom. The van der Waals surface area contributed by atoms with Gasteiger partial charge in [0.25, 0.3) is 0 Å². The molecule has 0 saturated heterocycles. The third-order valence-electron chi connectivity index (χ3n) is 4.05. The SMILES string of the molecule is COc1cc(Nc2ccc(S(=O)(=O)N(CCO)CCO)cc2)c(C)cc1N. The van der Waals surface area contributed by atoms with E-state index < -0.39 is 10.0 Å². The third-order valence-corrected chi connectivity index (χ3v) is 5.96. The number of nitrogens with two attached hydrogens (primary N) is 1. The van der Waals surface area contributed by atoms with E-state index in [0.717, 1.165) is 15.6 Å². The number of benzene rings is 2. The predicted octanol–water partition coefficient (Wildman–Crippen LogP) is 1.30. The Bertz CT molecular complexity index is 863. The lowest BCUT2D eigenvalue weighted by Crippen LogP contribution is -2.35. The van der Waals surface area contributed by atoms with Crippen LogP contribution in [0.4, 0.5) is 17.1 Å². The highest BCUT2D eigenvalue weighted by Crippen LogP contribution is 2.31. The van der Waals surface area contributed by atoms with Crippen LogP contribution in [0.5, 0.6) is 5.75 Å². The molecule has 0 aliphatic carbocycles. The molecule has 5 N–H and O–H groups in total. The summed E-state index contributed by atoms with van der Waals surface area (Å²) < 4.78 is 31.5. The number of hydrogen-bond acceptors (Lipinski definition) is 7. The molecule has 0 saturated carbocycles. The largest absolute Gasteiger partial charge is 0.495 e. The molecule has 0 spiro atoms. The maximum Gasteiger partial charge on any atom is 0.243 e. The van der Waals surface area contributed by atoms with Crippen molar-refractivity contribution in [2.75, 3.05) is 44.5 Å². The van der Waals surface area contributed by atoms with Crippen molar-refractivity contribution in [3.05, 3.63) is 42.0 Å². The summed E-state index contributed by atoms with van der Waals surface area (Å²) in [6.45, 7) is 1.10. The molecule has 2 aromatic rings. The summed E-state index contributed by atoms with van der Waals surface area (Å²) >= 11 is 0. The molecule has 27 heavy (non-hydrogen) atoms. The van der Waals surface area contributed by atoms with Crippen molar-refractivity contribution >= 4 is 27.1 Å². The van der Waals surface area contributed by atoms with Crippen molar-refractivity contribution in [3.63, 3.8) is 0 Å². The molecule has 0 heterocycles. The van der Waals surface area contributed by atoms with Crippen molar-refractivity contribution < 1.29 is 23.4 Å². The van der Waals surface area contributed by atoms with Gasteiger partial charge in [-0.05, 0) is 42.8 Å². The third kappa shape index (κ3) is 4.89. The summed E-state index contributed by atoms with van der Waals surface area (Å²) in [7, 11) is -2.25. The molecule has 9 heteroatoms. The Morgan fingerprint density at radius 2 is 1.70 bits per heavy atom. The maximum atomic E-state index is 12.6. The number of aliphatic hydroxyl groups excluding tert-OH is 2. The molecule has 0 fully saturated rings. The monoisotopic (exact) mass is 395 g/mol. The fourth-order valence-corrected chi connectivity index (χ4v) is 4.03. The number of rotatable bonds is 9. The van der Waals surface area contributed by atoms with Gasteiger partial charge in [0.05, 0.1) is 30.9 Å². The number of nitrogens with zero attached hydrogens (tertiary/aromatic N) is 1. The average Bonchev–Trinajstić information content (AvgIpc) is 2.64. The molecule has 0 unspecified atom stereocenters. The van der Waals surface area contributed by atoms with Crippen LogP contribution < -0.4 is 15.8 Å². The molecule has 0 bridgehead atoms. The number of aliphatic hydroxyl groups is 2. The van der Waals surface area contributed by atoms with Crippen LogP contribution in [0, 0.1) is 6.92 Å². The molecule has 2 aromatic carbocycles. The van der Waals surface area contributed by atoms with Crippen molar-refractivity contribution in [1.29, 1.82) is 0 Å². The zero-order chi connectivity index (χ0) is 20.0. The van der Waals surface area contributed by atoms with E-state index in [1.807, 2.05) is 6.92 Å². The van der Waals surface area contributed by atoms with E-state index in [9.17, 15) is 8.42 Å². The molecular formula is C18H25N3O5S. The van der Waals surface area contributed by atoms with Gasteiger partial charge in [-0.25, -0.2) is 8.42 Å². The first kappa shape index (κ1) is 21.0. The lowest BCUT2D eigenvalue weighted by Gasteiger charge is -2.20. The summed E-state index contributed by atoms with van der Waals surface area (Å²) in [5.41, 5.74) is 8.82. The fourth-order valence-electron chi connectivity index (χ4n) is 2.61. The molecule has 2 rings (SSSR count). The minimum absolute atomic E-state index is 0.0761. The van der Waals surface area contributed by atoms with Crippen LogP contribution in [0.3, 0.4) is 0 Å². The lowest BCUT2D eigenvalue weighted by molar-refractivity contribution is 0.217. The second kappa shape index (κ2) is 9.05. The molecule has 148 valence electrons. The molecule has 0 atom stereocenters. The van der Waals surface area contributed by atoms with Gasteiger partial charge in [-0.1, -0.05) is 0 Å². The Kier molecular flexibility index (Phi) is 7.03. The van der Waals surface area contributed by atoms with Crippen LogP contribution in [0.15, 0.2) is 41.3 Å². The average molecular weight is 395 g/mol. The van der Waals surface area contributed by atoms with E-state index in [0.29, 0.717) is 17.1 Å². The number of ether oxygens (including phenoxy) is 1. The van der Waals surface area contributed by atoms with E-state index in [1.165, 1.54) is 19.2 Å². The normalized spacial score (nSPS) is 11.6. The quantitative estimate of drug-likeness (QED) is 0.472. The minimum Gasteiger partial charge on any atom is -0.495 e. The van der Waals surface area contributed by atoms with Crippen molar-refractivity contribution in [2.24, 2.45) is 0 Å². The first-order valence-corrected chi connectivity index (χ1v) is 9.80. The number of nitrogen functional groups attached to an aromatic ring is 1. The van der Waals surface area contributed by atoms with Gasteiger partial charge in [-0.15, -0.1) is 0 Å². The zero-order valence-corrected chi connectivity index (χ0v) is 16.2. The Balaban J connectivity index is 2.25. The topological polar surface area (TPSA) is 125 Å². The summed E-state index contributed by atoms with van der Waals surface area (Å²) in [6, 6.07) is 9.81. The summed E-state index contributed by atoms with van der Waals surface area (Å²) in [5, 5.41) is 21.3. The van der Waals surface area contributed by atoms with E-state index in [2.05, 4.69) is 5.32 Å². The number of hydrogen-bond donors (Lipinski definition) is 4. The minimum atomic E-state index is -3.79. The summed E-state index contributed by atoms with van der Waals surface area (Å²) in [6.07, 6.45) is 0. The van der Waals surface area contributed by atoms with Crippen LogP contribution >= 0.6 is 0 Å². The van der Waals surface area contributed by atoms with E-state index in [-0.39, 0.29) is 31.2 Å². The Hall–Kier alpha value is -2.33. The standard InChI is InChI=1S/C18H25N3O5S/c1-13-11-16(19)18(26-2)12-17(13)20-14-3-5-15(6-4-14)27(24,25)21(7-9-22)8-10-23/h3-6,11-12,20,22-23H,7-10,19H2,1-2H3. The lowest BCUT2D eigenvalue weighted by atomic mass is 10.1. The van der Waals surface area contributed by atoms with E-state index in [4.69, 9.17) is 20.7 Å². The molecule has 0 amide bonds. The van der Waals surface area contributed by atoms with Gasteiger partial charge in [0.1, 0.15) is 5.75 Å². The zero-order valence-electron chi connectivity index (χ0n) is 15.3. The van der Waals surface area contributed by atoms with Crippen LogP contribution in [-0.4, -0.2) is 56.3 Å². The number of methoxy groups -OCH3 is 1. The molecule has 8 nitrogen and oxygen atoms in total. The van der Waals surface area contributed by atoms with Crippen LogP contribution in [0.25, 0.3) is 0 Å². The van der Waals surface area contributed by atoms with Crippen molar-refractivity contribution in [1.82, 2.24) is 4.31 Å². The van der Waals surface area contributed by atoms with Gasteiger partial charge in [-0.2, -0.15) is 4.31 Å². The smallest absolute Gasteiger partial charge is 0.243 e. The Morgan fingerprint density at radius 1 is 1.11 bits per heavy atom. The second-order valence-electron chi connectivity index (χ2n) is 5.91. The van der Waals surface area contributed by atoms with Crippen molar-refractivity contribution in [2.45, 2.75) is 11.8 Å².